The summed E-state index contributed by atoms with van der Waals surface area (Å²) in [6.45, 7) is 3.21. The molecule has 0 aliphatic carbocycles. The van der Waals surface area contributed by atoms with Crippen LogP contribution in [-0.2, 0) is 0 Å². The molecule has 2 N–H and O–H groups in total. The molecule has 72 valence electrons. The fourth-order valence-electron chi connectivity index (χ4n) is 1.11. The first-order valence-electron chi connectivity index (χ1n) is 4.38. The van der Waals surface area contributed by atoms with Crippen molar-refractivity contribution in [2.75, 3.05) is 13.1 Å². The summed E-state index contributed by atoms with van der Waals surface area (Å²) in [5.41, 5.74) is 0.612. The Hall–Kier alpha value is -0.930. The van der Waals surface area contributed by atoms with Crippen LogP contribution in [0.25, 0.3) is 0 Å². The molecule has 0 spiro atoms. The van der Waals surface area contributed by atoms with Crippen molar-refractivity contribution in [3.63, 3.8) is 0 Å². The molecule has 0 aliphatic rings. The molecule has 1 rings (SSSR count). The van der Waals surface area contributed by atoms with Crippen LogP contribution < -0.4 is 5.32 Å². The molecule has 0 amide bonds. The Kier molecular flexibility index (Phi) is 3.86. The zero-order valence-corrected chi connectivity index (χ0v) is 7.63. The maximum atomic E-state index is 12.7. The van der Waals surface area contributed by atoms with Gasteiger partial charge in [0.2, 0.25) is 0 Å². The summed E-state index contributed by atoms with van der Waals surface area (Å²) in [5, 5.41) is 12.5. The minimum Gasteiger partial charge on any atom is -0.387 e. The maximum Gasteiger partial charge on any atom is 0.123 e. The predicted octanol–water partition coefficient (Wildman–Crippen LogP) is 1.47. The highest BCUT2D eigenvalue weighted by atomic mass is 19.1. The molecule has 1 aromatic rings. The average Bonchev–Trinajstić information content (AvgIpc) is 2.14. The lowest BCUT2D eigenvalue weighted by atomic mass is 10.1. The molecule has 0 bridgehead atoms. The third-order valence-corrected chi connectivity index (χ3v) is 1.82. The van der Waals surface area contributed by atoms with Gasteiger partial charge in [-0.3, -0.25) is 0 Å². The summed E-state index contributed by atoms with van der Waals surface area (Å²) in [6, 6.07) is 6.02. The van der Waals surface area contributed by atoms with Crippen LogP contribution in [0, 0.1) is 5.82 Å². The highest BCUT2D eigenvalue weighted by Crippen LogP contribution is 2.12. The third kappa shape index (κ3) is 3.13. The van der Waals surface area contributed by atoms with Gasteiger partial charge in [-0.2, -0.15) is 0 Å². The number of halogens is 1. The number of rotatable bonds is 4. The minimum atomic E-state index is -0.629. The number of likely N-dealkylation sites (N-methyl/N-ethyl adjacent to an activating group) is 1. The van der Waals surface area contributed by atoms with Crippen molar-refractivity contribution >= 4 is 0 Å². The fraction of sp³-hybridized carbons (Fsp3) is 0.400. The zero-order valence-electron chi connectivity index (χ0n) is 7.63. The molecule has 0 unspecified atom stereocenters. The van der Waals surface area contributed by atoms with Crippen molar-refractivity contribution in [3.05, 3.63) is 35.6 Å². The van der Waals surface area contributed by atoms with Gasteiger partial charge in [0.25, 0.3) is 0 Å². The van der Waals surface area contributed by atoms with Crippen LogP contribution in [0.5, 0.6) is 0 Å². The Morgan fingerprint density at radius 1 is 1.54 bits per heavy atom. The van der Waals surface area contributed by atoms with Crippen molar-refractivity contribution in [1.82, 2.24) is 5.32 Å². The first-order chi connectivity index (χ1) is 6.24. The van der Waals surface area contributed by atoms with Gasteiger partial charge in [0.15, 0.2) is 0 Å². The monoisotopic (exact) mass is 183 g/mol. The van der Waals surface area contributed by atoms with Gasteiger partial charge in [-0.15, -0.1) is 0 Å². The lowest BCUT2D eigenvalue weighted by Gasteiger charge is -2.10. The van der Waals surface area contributed by atoms with Crippen molar-refractivity contribution in [3.8, 4) is 0 Å². The molecule has 0 saturated carbocycles. The molecule has 2 nitrogen and oxygen atoms in total. The van der Waals surface area contributed by atoms with E-state index in [9.17, 15) is 9.50 Å². The van der Waals surface area contributed by atoms with Crippen LogP contribution in [-0.4, -0.2) is 18.2 Å². The second-order valence-corrected chi connectivity index (χ2v) is 2.88. The average molecular weight is 183 g/mol. The van der Waals surface area contributed by atoms with Gasteiger partial charge in [-0.1, -0.05) is 19.1 Å². The quantitative estimate of drug-likeness (QED) is 0.740. The van der Waals surface area contributed by atoms with Crippen molar-refractivity contribution in [2.24, 2.45) is 0 Å². The summed E-state index contributed by atoms with van der Waals surface area (Å²) >= 11 is 0. The van der Waals surface area contributed by atoms with E-state index in [4.69, 9.17) is 0 Å². The highest BCUT2D eigenvalue weighted by molar-refractivity contribution is 5.18. The van der Waals surface area contributed by atoms with E-state index in [1.165, 1.54) is 12.1 Å². The van der Waals surface area contributed by atoms with Gasteiger partial charge in [-0.25, -0.2) is 4.39 Å². The lowest BCUT2D eigenvalue weighted by molar-refractivity contribution is 0.175. The SMILES string of the molecule is CCNC[C@@H](O)c1cccc(F)c1. The largest absolute Gasteiger partial charge is 0.387 e. The second-order valence-electron chi connectivity index (χ2n) is 2.88. The standard InChI is InChI=1S/C10H14FNO/c1-2-12-7-10(13)8-4-3-5-9(11)6-8/h3-6,10,12-13H,2,7H2,1H3/t10-/m1/s1. The molecule has 0 radical (unpaired) electrons. The van der Waals surface area contributed by atoms with Crippen LogP contribution in [0.3, 0.4) is 0 Å². The van der Waals surface area contributed by atoms with E-state index in [1.807, 2.05) is 6.92 Å². The van der Waals surface area contributed by atoms with E-state index < -0.39 is 6.10 Å². The topological polar surface area (TPSA) is 32.3 Å². The van der Waals surface area contributed by atoms with Gasteiger partial charge < -0.3 is 10.4 Å². The third-order valence-electron chi connectivity index (χ3n) is 1.82. The molecule has 0 aromatic heterocycles. The summed E-state index contributed by atoms with van der Waals surface area (Å²) < 4.78 is 12.7. The molecule has 0 saturated heterocycles. The Labute approximate surface area is 77.4 Å². The van der Waals surface area contributed by atoms with E-state index in [1.54, 1.807) is 12.1 Å². The van der Waals surface area contributed by atoms with Crippen molar-refractivity contribution in [2.45, 2.75) is 13.0 Å². The number of nitrogens with one attached hydrogen (secondary N) is 1. The van der Waals surface area contributed by atoms with Crippen LogP contribution >= 0.6 is 0 Å². The molecule has 0 aliphatic heterocycles. The smallest absolute Gasteiger partial charge is 0.123 e. The highest BCUT2D eigenvalue weighted by Gasteiger charge is 2.06. The summed E-state index contributed by atoms with van der Waals surface area (Å²) in [7, 11) is 0. The van der Waals surface area contributed by atoms with Gasteiger partial charge in [-0.05, 0) is 24.2 Å². The molecule has 3 heteroatoms. The maximum absolute atomic E-state index is 12.7. The first-order valence-corrected chi connectivity index (χ1v) is 4.38. The molecule has 1 aromatic carbocycles. The molecule has 1 atom stereocenters. The number of hydrogen-bond acceptors (Lipinski definition) is 2. The summed E-state index contributed by atoms with van der Waals surface area (Å²) in [4.78, 5) is 0. The second kappa shape index (κ2) is 4.94. The molecular weight excluding hydrogens is 169 g/mol. The molecule has 0 heterocycles. The Morgan fingerprint density at radius 2 is 2.31 bits per heavy atom. The molecular formula is C10H14FNO. The van der Waals surface area contributed by atoms with E-state index in [0.717, 1.165) is 6.54 Å². The molecule has 13 heavy (non-hydrogen) atoms. The fourth-order valence-corrected chi connectivity index (χ4v) is 1.11. The Bertz CT molecular complexity index is 265. The zero-order chi connectivity index (χ0) is 9.68. The van der Waals surface area contributed by atoms with Crippen LogP contribution in [0.2, 0.25) is 0 Å². The van der Waals surface area contributed by atoms with Gasteiger partial charge in [0.1, 0.15) is 5.82 Å². The first kappa shape index (κ1) is 10.2. The predicted molar refractivity (Wildman–Crippen MR) is 49.9 cm³/mol. The normalized spacial score (nSPS) is 12.8. The lowest BCUT2D eigenvalue weighted by Crippen LogP contribution is -2.20. The van der Waals surface area contributed by atoms with E-state index >= 15 is 0 Å². The van der Waals surface area contributed by atoms with E-state index in [0.29, 0.717) is 12.1 Å². The van der Waals surface area contributed by atoms with Crippen molar-refractivity contribution < 1.29 is 9.50 Å². The number of benzene rings is 1. The Balaban J connectivity index is 2.60. The van der Waals surface area contributed by atoms with Gasteiger partial charge in [0, 0.05) is 6.54 Å². The number of aliphatic hydroxyl groups excluding tert-OH is 1. The van der Waals surface area contributed by atoms with Gasteiger partial charge >= 0.3 is 0 Å². The van der Waals surface area contributed by atoms with Crippen LogP contribution in [0.15, 0.2) is 24.3 Å². The van der Waals surface area contributed by atoms with E-state index in [-0.39, 0.29) is 5.82 Å². The van der Waals surface area contributed by atoms with Crippen LogP contribution in [0.1, 0.15) is 18.6 Å². The number of aliphatic hydroxyl groups is 1. The Morgan fingerprint density at radius 3 is 2.92 bits per heavy atom. The van der Waals surface area contributed by atoms with Crippen LogP contribution in [0.4, 0.5) is 4.39 Å². The molecule has 0 fully saturated rings. The van der Waals surface area contributed by atoms with Gasteiger partial charge in [0.05, 0.1) is 6.10 Å². The van der Waals surface area contributed by atoms with Crippen molar-refractivity contribution in [1.29, 1.82) is 0 Å². The summed E-state index contributed by atoms with van der Waals surface area (Å²) in [5.74, 6) is -0.312. The number of hydrogen-bond donors (Lipinski definition) is 2. The minimum absolute atomic E-state index is 0.312. The summed E-state index contributed by atoms with van der Waals surface area (Å²) in [6.07, 6.45) is -0.629. The van der Waals surface area contributed by atoms with E-state index in [2.05, 4.69) is 5.32 Å².